The molecule has 10 nitrogen and oxygen atoms in total. The predicted molar refractivity (Wildman–Crippen MR) is 121 cm³/mol. The number of carbonyl (C=O) groups excluding carboxylic acids is 2. The van der Waals surface area contributed by atoms with Crippen LogP contribution in [0.15, 0.2) is 10.9 Å². The van der Waals surface area contributed by atoms with Gasteiger partial charge in [-0.05, 0) is 44.6 Å². The number of hydrogen-bond donors (Lipinski definition) is 2. The highest BCUT2D eigenvalue weighted by molar-refractivity contribution is 5.97. The molecule has 0 spiro atoms. The first-order chi connectivity index (χ1) is 15.7. The maximum absolute atomic E-state index is 13.2. The molecule has 10 heteroatoms. The van der Waals surface area contributed by atoms with Crippen molar-refractivity contribution >= 4 is 23.5 Å². The fraction of sp³-hybridized carbons (Fsp3) is 0.522. The van der Waals surface area contributed by atoms with E-state index in [-0.39, 0.29) is 23.4 Å². The van der Waals surface area contributed by atoms with Gasteiger partial charge in [0.2, 0.25) is 11.8 Å². The summed E-state index contributed by atoms with van der Waals surface area (Å²) in [6.07, 6.45) is 6.06. The summed E-state index contributed by atoms with van der Waals surface area (Å²) in [7, 11) is 0. The lowest BCUT2D eigenvalue weighted by atomic mass is 10.1. The largest absolute Gasteiger partial charge is 0.494 e. The van der Waals surface area contributed by atoms with Crippen molar-refractivity contribution in [2.24, 2.45) is 5.92 Å². The highest BCUT2D eigenvalue weighted by Gasteiger charge is 2.31. The van der Waals surface area contributed by atoms with Crippen molar-refractivity contribution in [2.75, 3.05) is 6.54 Å². The quantitative estimate of drug-likeness (QED) is 0.640. The zero-order valence-corrected chi connectivity index (χ0v) is 19.0. The summed E-state index contributed by atoms with van der Waals surface area (Å²) in [6, 6.07) is 1.73. The number of rotatable bonds is 6. The van der Waals surface area contributed by atoms with Crippen LogP contribution in [0.2, 0.25) is 0 Å². The van der Waals surface area contributed by atoms with E-state index in [1.165, 1.54) is 15.5 Å². The highest BCUT2D eigenvalue weighted by Crippen LogP contribution is 2.26. The number of aromatic hydroxyl groups is 1. The normalized spacial score (nSPS) is 18.4. The number of amides is 2. The highest BCUT2D eigenvalue weighted by atomic mass is 16.3. The van der Waals surface area contributed by atoms with E-state index < -0.39 is 23.4 Å². The van der Waals surface area contributed by atoms with Gasteiger partial charge < -0.3 is 15.3 Å². The molecule has 2 aromatic heterocycles. The molecular formula is C23H28N6O4. The van der Waals surface area contributed by atoms with Gasteiger partial charge in [-0.2, -0.15) is 14.9 Å². The molecule has 1 atom stereocenters. The van der Waals surface area contributed by atoms with Gasteiger partial charge in [0, 0.05) is 30.8 Å². The van der Waals surface area contributed by atoms with Gasteiger partial charge in [-0.25, -0.2) is 0 Å². The second-order valence-corrected chi connectivity index (χ2v) is 9.14. The smallest absolute Gasteiger partial charge is 0.291 e. The third-order valence-corrected chi connectivity index (χ3v) is 5.99. The monoisotopic (exact) mass is 452 g/mol. The molecule has 2 aromatic rings. The van der Waals surface area contributed by atoms with Crippen LogP contribution in [-0.2, 0) is 11.3 Å². The van der Waals surface area contributed by atoms with E-state index in [0.717, 1.165) is 23.8 Å². The van der Waals surface area contributed by atoms with Gasteiger partial charge in [0.05, 0.1) is 11.8 Å². The molecular weight excluding hydrogens is 424 g/mol. The topological polar surface area (TPSA) is 133 Å². The minimum Gasteiger partial charge on any atom is -0.494 e. The first-order valence-electron chi connectivity index (χ1n) is 11.3. The van der Waals surface area contributed by atoms with Crippen molar-refractivity contribution < 1.29 is 14.7 Å². The van der Waals surface area contributed by atoms with Crippen LogP contribution in [0.25, 0.3) is 11.7 Å². The maximum atomic E-state index is 13.2. The van der Waals surface area contributed by atoms with Crippen LogP contribution >= 0.6 is 0 Å². The lowest BCUT2D eigenvalue weighted by Gasteiger charge is -2.18. The Hall–Kier alpha value is -3.61. The Morgan fingerprint density at radius 1 is 1.33 bits per heavy atom. The van der Waals surface area contributed by atoms with Crippen LogP contribution in [0, 0.1) is 24.2 Å². The summed E-state index contributed by atoms with van der Waals surface area (Å²) in [6.45, 7) is 6.46. The molecule has 2 fully saturated rings. The standard InChI is InChI=1S/C23H28N6O4/c1-13(2)12-28-21-17(8-9-18(30)27-10-4-5-16(27)11-24)14(3)26-29(21)23(33)19(22(28)32)20(31)25-15-6-7-15/h8-9,13,15-16,32H,4-7,10,12H2,1-3H3,(H,25,31)/b9-8+/t16-/m1/s1. The van der Waals surface area contributed by atoms with Crippen LogP contribution in [0.3, 0.4) is 0 Å². The molecule has 2 N–H and O–H groups in total. The van der Waals surface area contributed by atoms with Crippen LogP contribution in [0.5, 0.6) is 5.88 Å². The molecule has 0 unspecified atom stereocenters. The third-order valence-electron chi connectivity index (χ3n) is 5.99. The average Bonchev–Trinajstić information content (AvgIpc) is 3.32. The SMILES string of the molecule is Cc1nn2c(=O)c(C(=O)NC3CC3)c(O)n(CC(C)C)c2c1/C=C/C(=O)N1CCC[C@@H]1C#N. The third kappa shape index (κ3) is 4.23. The Labute approximate surface area is 191 Å². The van der Waals surface area contributed by atoms with Crippen molar-refractivity contribution in [3.8, 4) is 11.9 Å². The minimum absolute atomic E-state index is 0.0252. The number of nitrogens with zero attached hydrogens (tertiary/aromatic N) is 5. The van der Waals surface area contributed by atoms with Crippen molar-refractivity contribution in [3.63, 3.8) is 0 Å². The summed E-state index contributed by atoms with van der Waals surface area (Å²) in [4.78, 5) is 40.1. The summed E-state index contributed by atoms with van der Waals surface area (Å²) in [5.41, 5.74) is 0.246. The summed E-state index contributed by atoms with van der Waals surface area (Å²) < 4.78 is 2.63. The van der Waals surface area contributed by atoms with Crippen molar-refractivity contribution in [1.82, 2.24) is 24.4 Å². The lowest BCUT2D eigenvalue weighted by Crippen LogP contribution is -2.34. The van der Waals surface area contributed by atoms with Crippen LogP contribution < -0.4 is 10.9 Å². The molecule has 0 bridgehead atoms. The van der Waals surface area contributed by atoms with Gasteiger partial charge in [-0.1, -0.05) is 13.8 Å². The Bertz CT molecular complexity index is 1240. The van der Waals surface area contributed by atoms with Crippen molar-refractivity contribution in [2.45, 2.75) is 65.1 Å². The van der Waals surface area contributed by atoms with E-state index in [0.29, 0.717) is 36.4 Å². The Kier molecular flexibility index (Phi) is 5.97. The van der Waals surface area contributed by atoms with Crippen LogP contribution in [-0.4, -0.2) is 54.6 Å². The van der Waals surface area contributed by atoms with E-state index in [1.54, 1.807) is 13.0 Å². The van der Waals surface area contributed by atoms with Crippen LogP contribution in [0.4, 0.5) is 0 Å². The molecule has 3 heterocycles. The van der Waals surface area contributed by atoms with Gasteiger partial charge in [0.1, 0.15) is 11.7 Å². The molecule has 0 aromatic carbocycles. The predicted octanol–water partition coefficient (Wildman–Crippen LogP) is 1.59. The maximum Gasteiger partial charge on any atom is 0.291 e. The van der Waals surface area contributed by atoms with Gasteiger partial charge in [0.25, 0.3) is 11.5 Å². The Morgan fingerprint density at radius 2 is 2.06 bits per heavy atom. The van der Waals surface area contributed by atoms with Crippen molar-refractivity contribution in [1.29, 1.82) is 5.26 Å². The molecule has 33 heavy (non-hydrogen) atoms. The van der Waals surface area contributed by atoms with Gasteiger partial charge in [-0.3, -0.25) is 19.0 Å². The first-order valence-corrected chi connectivity index (χ1v) is 11.3. The zero-order chi connectivity index (χ0) is 23.9. The number of aromatic nitrogens is 3. The van der Waals surface area contributed by atoms with E-state index in [9.17, 15) is 24.8 Å². The molecule has 1 aliphatic heterocycles. The molecule has 2 amide bonds. The van der Waals surface area contributed by atoms with Gasteiger partial charge >= 0.3 is 0 Å². The number of nitrogens with one attached hydrogen (secondary N) is 1. The van der Waals surface area contributed by atoms with E-state index >= 15 is 0 Å². The number of aryl methyl sites for hydroxylation is 1. The summed E-state index contributed by atoms with van der Waals surface area (Å²) in [5.74, 6) is -1.22. The van der Waals surface area contributed by atoms with E-state index in [2.05, 4.69) is 16.5 Å². The molecule has 1 saturated carbocycles. The fourth-order valence-electron chi connectivity index (χ4n) is 4.20. The van der Waals surface area contributed by atoms with Gasteiger partial charge in [0.15, 0.2) is 5.56 Å². The number of likely N-dealkylation sites (tertiary alicyclic amines) is 1. The molecule has 1 aliphatic carbocycles. The van der Waals surface area contributed by atoms with Crippen molar-refractivity contribution in [3.05, 3.63) is 33.3 Å². The fourth-order valence-corrected chi connectivity index (χ4v) is 4.20. The zero-order valence-electron chi connectivity index (χ0n) is 19.0. The molecule has 1 saturated heterocycles. The second-order valence-electron chi connectivity index (χ2n) is 9.14. The number of nitriles is 1. The minimum atomic E-state index is -0.709. The van der Waals surface area contributed by atoms with Gasteiger partial charge in [-0.15, -0.1) is 0 Å². The van der Waals surface area contributed by atoms with Crippen LogP contribution in [0.1, 0.15) is 61.1 Å². The van der Waals surface area contributed by atoms with E-state index in [1.807, 2.05) is 13.8 Å². The molecule has 2 aliphatic rings. The lowest BCUT2D eigenvalue weighted by molar-refractivity contribution is -0.125. The molecule has 4 rings (SSSR count). The average molecular weight is 453 g/mol. The molecule has 0 radical (unpaired) electrons. The number of carbonyl (C=O) groups is 2. The summed E-state index contributed by atoms with van der Waals surface area (Å²) in [5, 5.41) is 27.3. The summed E-state index contributed by atoms with van der Waals surface area (Å²) >= 11 is 0. The number of hydrogen-bond acceptors (Lipinski definition) is 6. The number of fused-ring (bicyclic) bond motifs is 1. The second kappa shape index (κ2) is 8.73. The first kappa shape index (κ1) is 22.6. The Morgan fingerprint density at radius 3 is 2.70 bits per heavy atom. The van der Waals surface area contributed by atoms with E-state index in [4.69, 9.17) is 0 Å². The Balaban J connectivity index is 1.82. The molecule has 174 valence electrons.